The van der Waals surface area contributed by atoms with Gasteiger partial charge in [0.25, 0.3) is 0 Å². The average molecular weight is 372 g/mol. The molecule has 0 bridgehead atoms. The molecule has 2 N–H and O–H groups in total. The largest absolute Gasteiger partial charge is 0.399 e. The van der Waals surface area contributed by atoms with Gasteiger partial charge < -0.3 is 10.3 Å². The quantitative estimate of drug-likeness (QED) is 0.544. The van der Waals surface area contributed by atoms with Crippen LogP contribution in [0.3, 0.4) is 0 Å². The Bertz CT molecular complexity index is 1150. The molecule has 0 saturated carbocycles. The third-order valence-electron chi connectivity index (χ3n) is 4.46. The zero-order chi connectivity index (χ0) is 19.5. The lowest BCUT2D eigenvalue weighted by Gasteiger charge is -2.08. The van der Waals surface area contributed by atoms with Gasteiger partial charge in [-0.2, -0.15) is 10.4 Å². The number of hydrogen-bond acceptors (Lipinski definition) is 4. The summed E-state index contributed by atoms with van der Waals surface area (Å²) in [5.41, 5.74) is 7.93. The van der Waals surface area contributed by atoms with Crippen LogP contribution >= 0.6 is 0 Å². The molecule has 0 atom stereocenters. The molecule has 28 heavy (non-hydrogen) atoms. The number of anilines is 1. The number of halogens is 1. The zero-order valence-electron chi connectivity index (χ0n) is 15.0. The Hall–Kier alpha value is -3.92. The number of nitrogen functional groups attached to an aromatic ring is 1. The lowest BCUT2D eigenvalue weighted by molar-refractivity contribution is 0.615. The highest BCUT2D eigenvalue weighted by molar-refractivity contribution is 5.72. The predicted molar refractivity (Wildman–Crippen MR) is 104 cm³/mol. The summed E-state index contributed by atoms with van der Waals surface area (Å²) >= 11 is 0. The molecular formula is C21H17FN6. The minimum atomic E-state index is -0.540. The van der Waals surface area contributed by atoms with Gasteiger partial charge in [0.1, 0.15) is 11.6 Å². The summed E-state index contributed by atoms with van der Waals surface area (Å²) in [5, 5.41) is 13.6. The van der Waals surface area contributed by atoms with Gasteiger partial charge in [0, 0.05) is 41.9 Å². The van der Waals surface area contributed by atoms with E-state index in [1.807, 2.05) is 35.0 Å². The van der Waals surface area contributed by atoms with E-state index in [0.29, 0.717) is 18.7 Å². The highest BCUT2D eigenvalue weighted by Gasteiger charge is 2.15. The van der Waals surface area contributed by atoms with E-state index < -0.39 is 5.82 Å². The first kappa shape index (κ1) is 17.5. The Kier molecular flexibility index (Phi) is 4.60. The van der Waals surface area contributed by atoms with Crippen LogP contribution in [-0.2, 0) is 13.1 Å². The summed E-state index contributed by atoms with van der Waals surface area (Å²) in [4.78, 5) is 4.41. The summed E-state index contributed by atoms with van der Waals surface area (Å²) in [6.07, 6.45) is 6.91. The van der Waals surface area contributed by atoms with Gasteiger partial charge in [-0.1, -0.05) is 30.3 Å². The van der Waals surface area contributed by atoms with Crippen LogP contribution in [0.1, 0.15) is 17.0 Å². The Morgan fingerprint density at radius 2 is 1.96 bits per heavy atom. The van der Waals surface area contributed by atoms with Crippen LogP contribution in [0.5, 0.6) is 0 Å². The third-order valence-corrected chi connectivity index (χ3v) is 4.46. The molecule has 0 aliphatic heterocycles. The number of nitrogens with zero attached hydrogens (tertiary/aromatic N) is 5. The minimum absolute atomic E-state index is 0.183. The topological polar surface area (TPSA) is 85.4 Å². The summed E-state index contributed by atoms with van der Waals surface area (Å²) in [5.74, 6) is 0.290. The van der Waals surface area contributed by atoms with E-state index in [0.717, 1.165) is 5.82 Å². The maximum atomic E-state index is 14.4. The Labute approximate surface area is 161 Å². The molecule has 0 fully saturated rings. The van der Waals surface area contributed by atoms with E-state index in [4.69, 9.17) is 5.73 Å². The number of nitrogens with two attached hydrogens (primary N) is 1. The van der Waals surface area contributed by atoms with Gasteiger partial charge in [-0.3, -0.25) is 4.68 Å². The predicted octanol–water partition coefficient (Wildman–Crippen LogP) is 3.44. The highest BCUT2D eigenvalue weighted by atomic mass is 19.1. The van der Waals surface area contributed by atoms with E-state index in [1.54, 1.807) is 23.3 Å². The van der Waals surface area contributed by atoms with Crippen LogP contribution in [-0.4, -0.2) is 19.3 Å². The van der Waals surface area contributed by atoms with E-state index in [-0.39, 0.29) is 16.8 Å². The zero-order valence-corrected chi connectivity index (χ0v) is 15.0. The smallest absolute Gasteiger partial charge is 0.134 e. The molecule has 0 saturated heterocycles. The number of benzene rings is 2. The van der Waals surface area contributed by atoms with Crippen molar-refractivity contribution in [3.63, 3.8) is 0 Å². The van der Waals surface area contributed by atoms with Crippen molar-refractivity contribution in [1.29, 1.82) is 5.26 Å². The fourth-order valence-electron chi connectivity index (χ4n) is 3.15. The molecular weight excluding hydrogens is 355 g/mol. The first-order valence-electron chi connectivity index (χ1n) is 8.70. The normalized spacial score (nSPS) is 10.7. The van der Waals surface area contributed by atoms with Crippen molar-refractivity contribution in [3.05, 3.63) is 90.0 Å². The van der Waals surface area contributed by atoms with Gasteiger partial charge >= 0.3 is 0 Å². The second-order valence-electron chi connectivity index (χ2n) is 6.42. The molecule has 0 radical (unpaired) electrons. The molecule has 2 aromatic carbocycles. The summed E-state index contributed by atoms with van der Waals surface area (Å²) < 4.78 is 18.1. The summed E-state index contributed by atoms with van der Waals surface area (Å²) in [7, 11) is 0. The third kappa shape index (κ3) is 3.48. The second kappa shape index (κ2) is 7.37. The van der Waals surface area contributed by atoms with Crippen molar-refractivity contribution < 1.29 is 4.39 Å². The Balaban J connectivity index is 1.59. The van der Waals surface area contributed by atoms with Crippen LogP contribution in [0.15, 0.2) is 67.3 Å². The fraction of sp³-hybridized carbons (Fsp3) is 0.0952. The molecule has 0 aliphatic carbocycles. The molecule has 2 aromatic heterocycles. The Morgan fingerprint density at radius 1 is 1.14 bits per heavy atom. The fourth-order valence-corrected chi connectivity index (χ4v) is 3.15. The van der Waals surface area contributed by atoms with E-state index in [1.165, 1.54) is 17.7 Å². The SMILES string of the molecule is N#Cc1cc(N)cc(F)c1-c1cnn(Cc2nccn2Cc2ccccc2)c1. The Morgan fingerprint density at radius 3 is 2.75 bits per heavy atom. The van der Waals surface area contributed by atoms with Crippen molar-refractivity contribution in [2.75, 3.05) is 5.73 Å². The molecule has 2 heterocycles. The lowest BCUT2D eigenvalue weighted by Crippen LogP contribution is -2.09. The van der Waals surface area contributed by atoms with Gasteiger partial charge in [-0.25, -0.2) is 9.37 Å². The van der Waals surface area contributed by atoms with Gasteiger partial charge in [0.05, 0.1) is 24.4 Å². The second-order valence-corrected chi connectivity index (χ2v) is 6.42. The van der Waals surface area contributed by atoms with Crippen molar-refractivity contribution in [3.8, 4) is 17.2 Å². The molecule has 0 spiro atoms. The number of imidazole rings is 1. The van der Waals surface area contributed by atoms with Crippen LogP contribution < -0.4 is 5.73 Å². The van der Waals surface area contributed by atoms with Gasteiger partial charge in [-0.05, 0) is 17.7 Å². The first-order chi connectivity index (χ1) is 13.6. The molecule has 6 nitrogen and oxygen atoms in total. The minimum Gasteiger partial charge on any atom is -0.399 e. The van der Waals surface area contributed by atoms with E-state index in [9.17, 15) is 9.65 Å². The van der Waals surface area contributed by atoms with E-state index >= 15 is 0 Å². The van der Waals surface area contributed by atoms with Crippen LogP contribution in [0.2, 0.25) is 0 Å². The number of nitriles is 1. The van der Waals surface area contributed by atoms with Gasteiger partial charge in [0.15, 0.2) is 0 Å². The van der Waals surface area contributed by atoms with Crippen LogP contribution in [0, 0.1) is 17.1 Å². The number of rotatable bonds is 5. The maximum Gasteiger partial charge on any atom is 0.134 e. The average Bonchev–Trinajstić information content (AvgIpc) is 3.32. The van der Waals surface area contributed by atoms with Gasteiger partial charge in [-0.15, -0.1) is 0 Å². The molecule has 4 rings (SSSR count). The summed E-state index contributed by atoms with van der Waals surface area (Å²) in [6.45, 7) is 1.13. The summed E-state index contributed by atoms with van der Waals surface area (Å²) in [6, 6.07) is 14.8. The molecule has 0 aliphatic rings. The monoisotopic (exact) mass is 372 g/mol. The van der Waals surface area contributed by atoms with Crippen LogP contribution in [0.25, 0.3) is 11.1 Å². The van der Waals surface area contributed by atoms with Gasteiger partial charge in [0.2, 0.25) is 0 Å². The van der Waals surface area contributed by atoms with Crippen molar-refractivity contribution >= 4 is 5.69 Å². The molecule has 0 amide bonds. The molecule has 4 aromatic rings. The van der Waals surface area contributed by atoms with Crippen molar-refractivity contribution in [2.45, 2.75) is 13.1 Å². The molecule has 0 unspecified atom stereocenters. The molecule has 138 valence electrons. The van der Waals surface area contributed by atoms with Crippen LogP contribution in [0.4, 0.5) is 10.1 Å². The number of hydrogen-bond donors (Lipinski definition) is 1. The molecule has 7 heteroatoms. The first-order valence-corrected chi connectivity index (χ1v) is 8.70. The number of aromatic nitrogens is 4. The van der Waals surface area contributed by atoms with E-state index in [2.05, 4.69) is 22.2 Å². The lowest BCUT2D eigenvalue weighted by atomic mass is 10.0. The maximum absolute atomic E-state index is 14.4. The highest BCUT2D eigenvalue weighted by Crippen LogP contribution is 2.28. The van der Waals surface area contributed by atoms with Crippen molar-refractivity contribution in [2.24, 2.45) is 0 Å². The van der Waals surface area contributed by atoms with Crippen molar-refractivity contribution in [1.82, 2.24) is 19.3 Å². The standard InChI is InChI=1S/C21H17FN6/c22-19-9-18(24)8-16(10-23)21(19)17-11-26-28(13-17)14-20-25-6-7-27(20)12-15-4-2-1-3-5-15/h1-9,11,13H,12,14,24H2.